The molecule has 140 valence electrons. The minimum absolute atomic E-state index is 0. The molecule has 3 rings (SSSR count). The Balaban J connectivity index is 0.00000261. The van der Waals surface area contributed by atoms with E-state index in [9.17, 15) is 4.79 Å². The van der Waals surface area contributed by atoms with E-state index in [0.717, 1.165) is 14.5 Å². The molecule has 1 heterocycles. The van der Waals surface area contributed by atoms with Crippen molar-refractivity contribution in [1.82, 2.24) is 4.98 Å². The van der Waals surface area contributed by atoms with Gasteiger partial charge in [-0.3, -0.25) is 9.78 Å². The monoisotopic (exact) mass is 529 g/mol. The first-order chi connectivity index (χ1) is 12.5. The molecular weight excluding hydrogens is 517 g/mol. The molecule has 0 fully saturated rings. The van der Waals surface area contributed by atoms with Crippen LogP contribution in [0.25, 0.3) is 0 Å². The molecule has 1 atom stereocenters. The van der Waals surface area contributed by atoms with Crippen LogP contribution in [-0.2, 0) is 11.2 Å². The number of rotatable bonds is 6. The quantitative estimate of drug-likeness (QED) is 0.359. The second-order valence-electron chi connectivity index (χ2n) is 5.61. The molecule has 0 saturated carbocycles. The van der Waals surface area contributed by atoms with E-state index < -0.39 is 6.10 Å². The van der Waals surface area contributed by atoms with Crippen LogP contribution in [0.3, 0.4) is 0 Å². The maximum Gasteiger partial charge on any atom is 0.183 e. The van der Waals surface area contributed by atoms with Crippen molar-refractivity contribution in [3.8, 4) is 5.75 Å². The zero-order valence-corrected chi connectivity index (χ0v) is 18.7. The summed E-state index contributed by atoms with van der Waals surface area (Å²) in [6.45, 7) is 0. The van der Waals surface area contributed by atoms with Crippen molar-refractivity contribution in [2.24, 2.45) is 0 Å². The molecule has 3 aromatic rings. The van der Waals surface area contributed by atoms with Gasteiger partial charge in [0.2, 0.25) is 0 Å². The predicted molar refractivity (Wildman–Crippen MR) is 117 cm³/mol. The number of hydrogen-bond donors (Lipinski definition) is 0. The molecule has 0 aliphatic carbocycles. The second kappa shape index (κ2) is 10.2. The van der Waals surface area contributed by atoms with Crippen molar-refractivity contribution >= 4 is 61.7 Å². The Hall–Kier alpha value is -1.40. The number of carbonyl (C=O) groups excluding carboxylic acids is 1. The summed E-state index contributed by atoms with van der Waals surface area (Å²) >= 11 is 12.7. The Bertz CT molecular complexity index is 885. The molecule has 0 aliphatic rings. The van der Waals surface area contributed by atoms with Crippen LogP contribution in [0.15, 0.2) is 75.8 Å². The van der Waals surface area contributed by atoms with E-state index in [1.165, 1.54) is 0 Å². The van der Waals surface area contributed by atoms with Crippen molar-refractivity contribution in [1.29, 1.82) is 0 Å². The van der Waals surface area contributed by atoms with Crippen molar-refractivity contribution in [2.75, 3.05) is 0 Å². The zero-order valence-electron chi connectivity index (χ0n) is 13.9. The van der Waals surface area contributed by atoms with Gasteiger partial charge in [-0.15, -0.1) is 12.4 Å². The maximum atomic E-state index is 12.9. The molecule has 2 aromatic carbocycles. The van der Waals surface area contributed by atoms with Gasteiger partial charge < -0.3 is 4.74 Å². The molecule has 0 spiro atoms. The molecule has 0 radical (unpaired) electrons. The third kappa shape index (κ3) is 6.32. The lowest BCUT2D eigenvalue weighted by Gasteiger charge is -2.19. The van der Waals surface area contributed by atoms with Crippen LogP contribution >= 0.6 is 55.9 Å². The summed E-state index contributed by atoms with van der Waals surface area (Å²) in [6.07, 6.45) is 1.12. The van der Waals surface area contributed by atoms with Gasteiger partial charge in [0.15, 0.2) is 11.9 Å². The number of halogens is 4. The Morgan fingerprint density at radius 3 is 2.19 bits per heavy atom. The van der Waals surface area contributed by atoms with Crippen LogP contribution < -0.4 is 4.74 Å². The normalized spacial score (nSPS) is 11.4. The highest BCUT2D eigenvalue weighted by molar-refractivity contribution is 9.10. The van der Waals surface area contributed by atoms with Crippen LogP contribution in [0.5, 0.6) is 5.75 Å². The molecule has 1 aromatic heterocycles. The summed E-state index contributed by atoms with van der Waals surface area (Å²) in [5, 5.41) is 0.609. The van der Waals surface area contributed by atoms with E-state index >= 15 is 0 Å². The summed E-state index contributed by atoms with van der Waals surface area (Å²) in [5.41, 5.74) is 1.44. The Morgan fingerprint density at radius 2 is 1.59 bits per heavy atom. The molecule has 1 unspecified atom stereocenters. The van der Waals surface area contributed by atoms with Gasteiger partial charge in [0, 0.05) is 25.9 Å². The molecule has 0 saturated heterocycles. The number of nitrogens with zero attached hydrogens (tertiary/aromatic N) is 1. The average Bonchev–Trinajstić information content (AvgIpc) is 2.64. The lowest BCUT2D eigenvalue weighted by molar-refractivity contribution is -0.125. The number of aromatic nitrogens is 1. The fourth-order valence-corrected chi connectivity index (χ4v) is 3.01. The summed E-state index contributed by atoms with van der Waals surface area (Å²) in [7, 11) is 0. The SMILES string of the molecule is Cl.O=C(Cc1ccc(Br)cn1)C(Oc1ccc(Br)cc1)c1ccc(Cl)cc1. The minimum Gasteiger partial charge on any atom is -0.478 e. The molecule has 0 N–H and O–H groups in total. The number of carbonyl (C=O) groups is 1. The van der Waals surface area contributed by atoms with Crippen molar-refractivity contribution in [2.45, 2.75) is 12.5 Å². The standard InChI is InChI=1S/C20H14Br2ClNO2.ClH/c21-14-4-9-18(10-5-14)26-20(13-1-6-16(23)7-2-13)19(25)11-17-8-3-15(22)12-24-17;/h1-10,12,20H,11H2;1H. The van der Waals surface area contributed by atoms with Crippen molar-refractivity contribution in [3.63, 3.8) is 0 Å². The van der Waals surface area contributed by atoms with Gasteiger partial charge in [0.1, 0.15) is 5.75 Å². The lowest BCUT2D eigenvalue weighted by Crippen LogP contribution is -2.21. The molecule has 27 heavy (non-hydrogen) atoms. The van der Waals surface area contributed by atoms with Gasteiger partial charge in [-0.2, -0.15) is 0 Å². The largest absolute Gasteiger partial charge is 0.478 e. The molecule has 3 nitrogen and oxygen atoms in total. The van der Waals surface area contributed by atoms with Crippen LogP contribution in [-0.4, -0.2) is 10.8 Å². The third-order valence-electron chi connectivity index (χ3n) is 3.68. The summed E-state index contributed by atoms with van der Waals surface area (Å²) in [6, 6.07) is 18.2. The third-order valence-corrected chi connectivity index (χ3v) is 4.93. The Labute approximate surface area is 185 Å². The molecule has 7 heteroatoms. The first-order valence-corrected chi connectivity index (χ1v) is 9.78. The van der Waals surface area contributed by atoms with Gasteiger partial charge in [-0.25, -0.2) is 0 Å². The average molecular weight is 532 g/mol. The first-order valence-electron chi connectivity index (χ1n) is 7.82. The number of hydrogen-bond acceptors (Lipinski definition) is 3. The first kappa shape index (κ1) is 21.9. The maximum absolute atomic E-state index is 12.9. The fraction of sp³-hybridized carbons (Fsp3) is 0.100. The van der Waals surface area contributed by atoms with Crippen LogP contribution in [0, 0.1) is 0 Å². The number of ketones is 1. The number of pyridine rings is 1. The fourth-order valence-electron chi connectivity index (χ4n) is 2.39. The zero-order chi connectivity index (χ0) is 18.5. The van der Waals surface area contributed by atoms with Gasteiger partial charge >= 0.3 is 0 Å². The number of Topliss-reactive ketones (excluding diaryl/α,β-unsaturated/α-hetero) is 1. The smallest absolute Gasteiger partial charge is 0.183 e. The summed E-state index contributed by atoms with van der Waals surface area (Å²) < 4.78 is 7.81. The van der Waals surface area contributed by atoms with Crippen molar-refractivity contribution in [3.05, 3.63) is 92.1 Å². The van der Waals surface area contributed by atoms with Gasteiger partial charge in [-0.05, 0) is 70.0 Å². The molecule has 0 aliphatic heterocycles. The van der Waals surface area contributed by atoms with E-state index in [-0.39, 0.29) is 24.6 Å². The molecular formula is C20H15Br2Cl2NO2. The Kier molecular flexibility index (Phi) is 8.29. The van der Waals surface area contributed by atoms with Gasteiger partial charge in [-0.1, -0.05) is 39.7 Å². The topological polar surface area (TPSA) is 39.2 Å². The molecule has 0 bridgehead atoms. The summed E-state index contributed by atoms with van der Waals surface area (Å²) in [5.74, 6) is 0.537. The van der Waals surface area contributed by atoms with E-state index in [4.69, 9.17) is 16.3 Å². The van der Waals surface area contributed by atoms with Crippen LogP contribution in [0.2, 0.25) is 5.02 Å². The van der Waals surface area contributed by atoms with E-state index in [2.05, 4.69) is 36.8 Å². The van der Waals surface area contributed by atoms with E-state index in [1.54, 1.807) is 30.5 Å². The number of benzene rings is 2. The van der Waals surface area contributed by atoms with Gasteiger partial charge in [0.05, 0.1) is 6.42 Å². The number of ether oxygens (including phenoxy) is 1. The highest BCUT2D eigenvalue weighted by Crippen LogP contribution is 2.26. The van der Waals surface area contributed by atoms with Crippen LogP contribution in [0.4, 0.5) is 0 Å². The highest BCUT2D eigenvalue weighted by atomic mass is 79.9. The molecule has 0 amide bonds. The summed E-state index contributed by atoms with van der Waals surface area (Å²) in [4.78, 5) is 17.2. The lowest BCUT2D eigenvalue weighted by atomic mass is 10.0. The predicted octanol–water partition coefficient (Wildman–Crippen LogP) is 6.61. The highest BCUT2D eigenvalue weighted by Gasteiger charge is 2.23. The van der Waals surface area contributed by atoms with Gasteiger partial charge in [0.25, 0.3) is 0 Å². The second-order valence-corrected chi connectivity index (χ2v) is 7.88. The van der Waals surface area contributed by atoms with Crippen molar-refractivity contribution < 1.29 is 9.53 Å². The van der Waals surface area contributed by atoms with E-state index in [1.807, 2.05) is 36.4 Å². The minimum atomic E-state index is -0.737. The Morgan fingerprint density at radius 1 is 0.963 bits per heavy atom. The van der Waals surface area contributed by atoms with Crippen LogP contribution in [0.1, 0.15) is 17.4 Å². The van der Waals surface area contributed by atoms with E-state index in [0.29, 0.717) is 16.5 Å².